The fraction of sp³-hybridized carbons (Fsp3) is 0.0833. The van der Waals surface area contributed by atoms with Gasteiger partial charge in [-0.3, -0.25) is 10.1 Å². The molecule has 4 rings (SSSR count). The van der Waals surface area contributed by atoms with Crippen LogP contribution in [0.2, 0.25) is 10.0 Å². The highest BCUT2D eigenvalue weighted by molar-refractivity contribution is 7.91. The minimum atomic E-state index is -4.04. The van der Waals surface area contributed by atoms with Crippen LogP contribution in [0.5, 0.6) is 11.5 Å². The van der Waals surface area contributed by atoms with E-state index in [-0.39, 0.29) is 32.9 Å². The van der Waals surface area contributed by atoms with E-state index < -0.39 is 25.0 Å². The molecule has 1 aromatic heterocycles. The number of nitrogens with one attached hydrogen (secondary N) is 2. The summed E-state index contributed by atoms with van der Waals surface area (Å²) in [5.74, 6) is 0.707. The van der Waals surface area contributed by atoms with Crippen molar-refractivity contribution in [3.8, 4) is 22.6 Å². The maximum atomic E-state index is 13.1. The molecule has 0 spiro atoms. The zero-order chi connectivity index (χ0) is 28.2. The van der Waals surface area contributed by atoms with E-state index in [4.69, 9.17) is 27.9 Å². The molecule has 1 heterocycles. The number of sulfonamides is 2. The van der Waals surface area contributed by atoms with Gasteiger partial charge >= 0.3 is 0 Å². The lowest BCUT2D eigenvalue weighted by Gasteiger charge is -2.14. The molecule has 0 aliphatic heterocycles. The van der Waals surface area contributed by atoms with Gasteiger partial charge in [0, 0.05) is 41.4 Å². The lowest BCUT2D eigenvalue weighted by Crippen LogP contribution is -2.34. The highest BCUT2D eigenvalue weighted by atomic mass is 35.5. The number of non-ortho nitro benzene ring substituents is 1. The van der Waals surface area contributed by atoms with Crippen molar-refractivity contribution in [3.63, 3.8) is 0 Å². The van der Waals surface area contributed by atoms with Crippen LogP contribution in [0, 0.1) is 10.1 Å². The molecule has 15 heteroatoms. The summed E-state index contributed by atoms with van der Waals surface area (Å²) in [7, 11) is -8.04. The minimum absolute atomic E-state index is 0.0129. The Labute approximate surface area is 238 Å². The average Bonchev–Trinajstić information content (AvgIpc) is 3.40. The summed E-state index contributed by atoms with van der Waals surface area (Å²) >= 11 is 13.2. The number of para-hydroxylation sites is 1. The molecular formula is C24H19Cl2N3O7S3. The van der Waals surface area contributed by atoms with Crippen LogP contribution in [-0.2, 0) is 20.0 Å². The molecule has 0 fully saturated rings. The van der Waals surface area contributed by atoms with Crippen molar-refractivity contribution in [1.82, 2.24) is 9.44 Å². The summed E-state index contributed by atoms with van der Waals surface area (Å²) in [6, 6.07) is 17.6. The molecule has 4 aromatic rings. The number of rotatable bonds is 11. The Balaban J connectivity index is 1.47. The van der Waals surface area contributed by atoms with Gasteiger partial charge in [-0.2, -0.15) is 0 Å². The number of nitro groups is 1. The fourth-order valence-corrected chi connectivity index (χ4v) is 7.36. The van der Waals surface area contributed by atoms with Crippen molar-refractivity contribution in [2.75, 3.05) is 13.1 Å². The smallest absolute Gasteiger partial charge is 0.269 e. The van der Waals surface area contributed by atoms with Crippen LogP contribution in [0.1, 0.15) is 0 Å². The summed E-state index contributed by atoms with van der Waals surface area (Å²) in [6.45, 7) is -0.502. The third-order valence-electron chi connectivity index (χ3n) is 5.23. The van der Waals surface area contributed by atoms with Gasteiger partial charge in [-0.25, -0.2) is 26.3 Å². The normalized spacial score (nSPS) is 11.8. The van der Waals surface area contributed by atoms with Gasteiger partial charge in [0.2, 0.25) is 10.0 Å². The van der Waals surface area contributed by atoms with E-state index in [0.29, 0.717) is 27.6 Å². The molecule has 3 aromatic carbocycles. The molecule has 0 atom stereocenters. The third kappa shape index (κ3) is 6.94. The van der Waals surface area contributed by atoms with Crippen LogP contribution in [-0.4, -0.2) is 34.8 Å². The van der Waals surface area contributed by atoms with Crippen LogP contribution in [0.3, 0.4) is 0 Å². The lowest BCUT2D eigenvalue weighted by atomic mass is 10.1. The zero-order valence-corrected chi connectivity index (χ0v) is 23.7. The Kier molecular flexibility index (Phi) is 8.91. The quantitative estimate of drug-likeness (QED) is 0.124. The summed E-state index contributed by atoms with van der Waals surface area (Å²) < 4.78 is 61.8. The summed E-state index contributed by atoms with van der Waals surface area (Å²) in [5.41, 5.74) is 0.639. The number of benzene rings is 3. The third-order valence-corrected chi connectivity index (χ3v) is 10.2. The molecule has 0 unspecified atom stereocenters. The van der Waals surface area contributed by atoms with E-state index in [1.165, 1.54) is 6.07 Å². The largest absolute Gasteiger partial charge is 0.455 e. The summed E-state index contributed by atoms with van der Waals surface area (Å²) in [5, 5.41) is 13.1. The van der Waals surface area contributed by atoms with Crippen molar-refractivity contribution in [2.45, 2.75) is 9.10 Å². The molecule has 0 bridgehead atoms. The minimum Gasteiger partial charge on any atom is -0.455 e. The van der Waals surface area contributed by atoms with Gasteiger partial charge in [0.05, 0.1) is 14.8 Å². The first-order valence-corrected chi connectivity index (χ1v) is 15.6. The molecule has 0 aliphatic carbocycles. The molecule has 0 saturated carbocycles. The van der Waals surface area contributed by atoms with E-state index in [2.05, 4.69) is 9.44 Å². The van der Waals surface area contributed by atoms with E-state index in [1.54, 1.807) is 47.8 Å². The number of hydrogen-bond donors (Lipinski definition) is 2. The molecule has 39 heavy (non-hydrogen) atoms. The van der Waals surface area contributed by atoms with Gasteiger partial charge < -0.3 is 4.74 Å². The Morgan fingerprint density at radius 2 is 1.49 bits per heavy atom. The van der Waals surface area contributed by atoms with Crippen LogP contribution >= 0.6 is 34.5 Å². The topological polar surface area (TPSA) is 145 Å². The van der Waals surface area contributed by atoms with Gasteiger partial charge in [0.1, 0.15) is 15.7 Å². The zero-order valence-electron chi connectivity index (χ0n) is 19.7. The van der Waals surface area contributed by atoms with Crippen molar-refractivity contribution < 1.29 is 26.5 Å². The first kappa shape index (κ1) is 29.0. The summed E-state index contributed by atoms with van der Waals surface area (Å²) in [4.78, 5) is 9.93. The Hall–Kier alpha value is -3.04. The number of hydrogen-bond acceptors (Lipinski definition) is 8. The summed E-state index contributed by atoms with van der Waals surface area (Å²) in [6.07, 6.45) is 0. The molecule has 0 aliphatic rings. The van der Waals surface area contributed by atoms with Gasteiger partial charge in [-0.15, -0.1) is 11.3 Å². The second kappa shape index (κ2) is 12.0. The van der Waals surface area contributed by atoms with Crippen LogP contribution in [0.15, 0.2) is 87.3 Å². The van der Waals surface area contributed by atoms with Crippen LogP contribution in [0.25, 0.3) is 11.1 Å². The Morgan fingerprint density at radius 3 is 2.15 bits per heavy atom. The van der Waals surface area contributed by atoms with Crippen LogP contribution in [0.4, 0.5) is 5.69 Å². The van der Waals surface area contributed by atoms with Crippen molar-refractivity contribution >= 4 is 60.3 Å². The SMILES string of the molecule is O=[N+]([O-])c1ccc(S(=O)(=O)NCCNS(=O)(=O)c2sccc2-c2ccccc2Oc2ccc(Cl)cc2Cl)cc1. The predicted octanol–water partition coefficient (Wildman–Crippen LogP) is 5.68. The molecule has 0 saturated heterocycles. The molecule has 0 amide bonds. The van der Waals surface area contributed by atoms with Crippen molar-refractivity contribution in [3.05, 3.63) is 98.3 Å². The van der Waals surface area contributed by atoms with Crippen LogP contribution < -0.4 is 14.2 Å². The van der Waals surface area contributed by atoms with Gasteiger partial charge in [-0.05, 0) is 47.8 Å². The van der Waals surface area contributed by atoms with Crippen molar-refractivity contribution in [1.29, 1.82) is 0 Å². The van der Waals surface area contributed by atoms with E-state index in [0.717, 1.165) is 35.6 Å². The Bertz CT molecular complexity index is 1730. The Morgan fingerprint density at radius 1 is 0.821 bits per heavy atom. The number of halogens is 2. The number of thiophene rings is 1. The maximum Gasteiger partial charge on any atom is 0.269 e. The number of ether oxygens (including phenoxy) is 1. The number of nitro benzene ring substituents is 1. The second-order valence-electron chi connectivity index (χ2n) is 7.84. The monoisotopic (exact) mass is 627 g/mol. The standard InChI is InChI=1S/C24H19Cl2N3O7S3/c25-16-5-10-23(21(26)15-16)36-22-4-2-1-3-19(22)20-11-14-37-24(20)39(34,35)28-13-12-27-38(32,33)18-8-6-17(7-9-18)29(30)31/h1-11,14-15,27-28H,12-13H2. The molecular weight excluding hydrogens is 609 g/mol. The second-order valence-corrected chi connectivity index (χ2v) is 13.3. The highest BCUT2D eigenvalue weighted by Crippen LogP contribution is 2.40. The fourth-order valence-electron chi connectivity index (χ4n) is 3.42. The number of nitrogens with zero attached hydrogens (tertiary/aromatic N) is 1. The van der Waals surface area contributed by atoms with Gasteiger partial charge in [0.15, 0.2) is 0 Å². The highest BCUT2D eigenvalue weighted by Gasteiger charge is 2.23. The molecule has 2 N–H and O–H groups in total. The van der Waals surface area contributed by atoms with Gasteiger partial charge in [0.25, 0.3) is 15.7 Å². The van der Waals surface area contributed by atoms with E-state index in [9.17, 15) is 26.9 Å². The van der Waals surface area contributed by atoms with Gasteiger partial charge in [-0.1, -0.05) is 41.4 Å². The first-order valence-electron chi connectivity index (χ1n) is 11.0. The average molecular weight is 629 g/mol. The van der Waals surface area contributed by atoms with E-state index >= 15 is 0 Å². The lowest BCUT2D eigenvalue weighted by molar-refractivity contribution is -0.384. The van der Waals surface area contributed by atoms with Crippen molar-refractivity contribution in [2.24, 2.45) is 0 Å². The maximum absolute atomic E-state index is 13.1. The molecule has 204 valence electrons. The first-order chi connectivity index (χ1) is 18.5. The van der Waals surface area contributed by atoms with E-state index in [1.807, 2.05) is 0 Å². The molecule has 0 radical (unpaired) electrons. The predicted molar refractivity (Wildman–Crippen MR) is 150 cm³/mol. The molecule has 10 nitrogen and oxygen atoms in total.